The van der Waals surface area contributed by atoms with Gasteiger partial charge in [0.25, 0.3) is 0 Å². The van der Waals surface area contributed by atoms with Gasteiger partial charge in [-0.3, -0.25) is 9.88 Å². The Bertz CT molecular complexity index is 1340. The monoisotopic (exact) mass is 541 g/mol. The molecule has 3 aromatic rings. The van der Waals surface area contributed by atoms with Gasteiger partial charge in [-0.15, -0.1) is 0 Å². The molecule has 0 aliphatic carbocycles. The van der Waals surface area contributed by atoms with Crippen LogP contribution in [0.25, 0.3) is 22.3 Å². The van der Waals surface area contributed by atoms with E-state index in [2.05, 4.69) is 15.3 Å². The predicted octanol–water partition coefficient (Wildman–Crippen LogP) is 4.59. The van der Waals surface area contributed by atoms with Gasteiger partial charge in [-0.2, -0.15) is 0 Å². The fraction of sp³-hybridized carbons (Fsp3) is 0.519. The number of pyridine rings is 2. The van der Waals surface area contributed by atoms with Crippen LogP contribution in [0.15, 0.2) is 24.5 Å². The Morgan fingerprint density at radius 3 is 2.38 bits per heavy atom. The standard InChI is InChI=1S/C27H39N7O5/c1-26(2,3)38-24(35)31-17(13-14-37-9)16-11-10-12-18(30-16)19-21-20(29-15-33(21)7)23(32-22(19)28)34(8)25(36)39-27(4,5)6/h10-12,15,17H,13-14H2,1-9H3,(H2,28,32)(H,31,35)/t17-/m0/s1. The van der Waals surface area contributed by atoms with Crippen LogP contribution in [-0.2, 0) is 21.3 Å². The van der Waals surface area contributed by atoms with Gasteiger partial charge in [0, 0.05) is 27.8 Å². The predicted molar refractivity (Wildman–Crippen MR) is 149 cm³/mol. The average molecular weight is 542 g/mol. The normalized spacial score (nSPS) is 12.7. The molecule has 2 amide bonds. The maximum absolute atomic E-state index is 12.8. The second kappa shape index (κ2) is 11.4. The van der Waals surface area contributed by atoms with Crippen LogP contribution in [0.4, 0.5) is 21.2 Å². The van der Waals surface area contributed by atoms with Gasteiger partial charge in [-0.25, -0.2) is 19.6 Å². The maximum Gasteiger partial charge on any atom is 0.415 e. The summed E-state index contributed by atoms with van der Waals surface area (Å²) in [5.41, 5.74) is 7.95. The number of imidazole rings is 1. The van der Waals surface area contributed by atoms with Crippen LogP contribution in [0.1, 0.15) is 59.7 Å². The van der Waals surface area contributed by atoms with Gasteiger partial charge in [0.05, 0.1) is 34.8 Å². The van der Waals surface area contributed by atoms with Crippen LogP contribution in [0.5, 0.6) is 0 Å². The first-order valence-electron chi connectivity index (χ1n) is 12.6. The molecule has 0 saturated carbocycles. The minimum Gasteiger partial charge on any atom is -0.444 e. The van der Waals surface area contributed by atoms with E-state index in [4.69, 9.17) is 24.9 Å². The molecule has 0 saturated heterocycles. The summed E-state index contributed by atoms with van der Waals surface area (Å²) in [5, 5.41) is 2.89. The number of rotatable bonds is 7. The van der Waals surface area contributed by atoms with E-state index in [0.717, 1.165) is 0 Å². The zero-order chi connectivity index (χ0) is 29.1. The summed E-state index contributed by atoms with van der Waals surface area (Å²) in [6.07, 6.45) is 0.960. The Hall–Kier alpha value is -3.93. The van der Waals surface area contributed by atoms with E-state index in [0.29, 0.717) is 41.0 Å². The minimum atomic E-state index is -0.683. The average Bonchev–Trinajstić information content (AvgIpc) is 3.19. The molecule has 212 valence electrons. The van der Waals surface area contributed by atoms with Gasteiger partial charge < -0.3 is 29.8 Å². The lowest BCUT2D eigenvalue weighted by molar-refractivity contribution is 0.0489. The number of carbonyl (C=O) groups excluding carboxylic acids is 2. The number of carbonyl (C=O) groups is 2. The van der Waals surface area contributed by atoms with Crippen LogP contribution in [0, 0.1) is 0 Å². The molecule has 1 atom stereocenters. The molecule has 0 fully saturated rings. The Labute approximate surface area is 228 Å². The van der Waals surface area contributed by atoms with Crippen LogP contribution >= 0.6 is 0 Å². The molecule has 3 rings (SSSR count). The summed E-state index contributed by atoms with van der Waals surface area (Å²) in [6, 6.07) is 4.97. The molecule has 0 aromatic carbocycles. The molecular formula is C27H39N7O5. The fourth-order valence-corrected chi connectivity index (χ4v) is 3.90. The zero-order valence-corrected chi connectivity index (χ0v) is 24.2. The van der Waals surface area contributed by atoms with Crippen LogP contribution in [0.2, 0.25) is 0 Å². The number of nitrogen functional groups attached to an aromatic ring is 1. The Morgan fingerprint density at radius 2 is 1.77 bits per heavy atom. The summed E-state index contributed by atoms with van der Waals surface area (Å²) in [6.45, 7) is 11.2. The lowest BCUT2D eigenvalue weighted by Gasteiger charge is -2.25. The van der Waals surface area contributed by atoms with Gasteiger partial charge in [0.15, 0.2) is 5.82 Å². The summed E-state index contributed by atoms with van der Waals surface area (Å²) in [4.78, 5) is 40.5. The van der Waals surface area contributed by atoms with E-state index in [1.165, 1.54) is 4.90 Å². The second-order valence-corrected chi connectivity index (χ2v) is 11.2. The summed E-state index contributed by atoms with van der Waals surface area (Å²) in [5.74, 6) is 0.427. The highest BCUT2D eigenvalue weighted by Crippen LogP contribution is 2.36. The number of hydrogen-bond donors (Lipinski definition) is 2. The van der Waals surface area contributed by atoms with Crippen molar-refractivity contribution in [3.63, 3.8) is 0 Å². The van der Waals surface area contributed by atoms with Crippen molar-refractivity contribution in [1.29, 1.82) is 0 Å². The number of nitrogens with one attached hydrogen (secondary N) is 1. The van der Waals surface area contributed by atoms with Gasteiger partial charge in [0.2, 0.25) is 0 Å². The molecular weight excluding hydrogens is 502 g/mol. The third kappa shape index (κ3) is 7.34. The largest absolute Gasteiger partial charge is 0.444 e. The van der Waals surface area contributed by atoms with E-state index in [1.807, 2.05) is 19.2 Å². The molecule has 12 nitrogen and oxygen atoms in total. The Morgan fingerprint density at radius 1 is 1.10 bits per heavy atom. The molecule has 0 aliphatic rings. The number of alkyl carbamates (subject to hydrolysis) is 1. The van der Waals surface area contributed by atoms with E-state index >= 15 is 0 Å². The van der Waals surface area contributed by atoms with Gasteiger partial charge in [-0.1, -0.05) is 6.07 Å². The van der Waals surface area contributed by atoms with Crippen LogP contribution < -0.4 is 16.0 Å². The number of nitrogens with two attached hydrogens (primary N) is 1. The molecule has 0 aliphatic heterocycles. The molecule has 0 spiro atoms. The van der Waals surface area contributed by atoms with E-state index < -0.39 is 29.4 Å². The minimum absolute atomic E-state index is 0.162. The third-order valence-electron chi connectivity index (χ3n) is 5.54. The smallest absolute Gasteiger partial charge is 0.415 e. The number of aromatic nitrogens is 4. The van der Waals surface area contributed by atoms with Crippen molar-refractivity contribution < 1.29 is 23.8 Å². The number of nitrogens with zero attached hydrogens (tertiary/aromatic N) is 5. The molecule has 0 unspecified atom stereocenters. The summed E-state index contributed by atoms with van der Waals surface area (Å²) >= 11 is 0. The molecule has 3 heterocycles. The molecule has 0 bridgehead atoms. The first-order valence-corrected chi connectivity index (χ1v) is 12.6. The SMILES string of the molecule is COCC[C@H](NC(=O)OC(C)(C)C)c1cccc(-c2c(N)nc(N(C)C(=O)OC(C)(C)C)c3ncn(C)c23)n1. The first-order chi connectivity index (χ1) is 18.1. The van der Waals surface area contributed by atoms with Crippen LogP contribution in [-0.4, -0.2) is 63.7 Å². The van der Waals surface area contributed by atoms with Gasteiger partial charge in [-0.05, 0) is 60.1 Å². The Balaban J connectivity index is 2.06. The van der Waals surface area contributed by atoms with E-state index in [9.17, 15) is 9.59 Å². The van der Waals surface area contributed by atoms with Gasteiger partial charge >= 0.3 is 12.2 Å². The van der Waals surface area contributed by atoms with Crippen molar-refractivity contribution in [3.8, 4) is 11.3 Å². The molecule has 39 heavy (non-hydrogen) atoms. The molecule has 3 aromatic heterocycles. The van der Waals surface area contributed by atoms with E-state index in [1.54, 1.807) is 72.7 Å². The van der Waals surface area contributed by atoms with Crippen LogP contribution in [0.3, 0.4) is 0 Å². The number of methoxy groups -OCH3 is 1. The van der Waals surface area contributed by atoms with Crippen molar-refractivity contribution in [2.24, 2.45) is 7.05 Å². The van der Waals surface area contributed by atoms with Gasteiger partial charge in [0.1, 0.15) is 22.5 Å². The quantitative estimate of drug-likeness (QED) is 0.438. The Kier molecular flexibility index (Phi) is 8.69. The number of ether oxygens (including phenoxy) is 3. The number of amides is 2. The molecule has 12 heteroatoms. The maximum atomic E-state index is 12.8. The highest BCUT2D eigenvalue weighted by Gasteiger charge is 2.27. The number of aryl methyl sites for hydroxylation is 1. The topological polar surface area (TPSA) is 147 Å². The van der Waals surface area contributed by atoms with E-state index in [-0.39, 0.29) is 11.6 Å². The zero-order valence-electron chi connectivity index (χ0n) is 24.2. The fourth-order valence-electron chi connectivity index (χ4n) is 3.90. The number of fused-ring (bicyclic) bond motifs is 1. The number of anilines is 2. The lowest BCUT2D eigenvalue weighted by Crippen LogP contribution is -2.35. The second-order valence-electron chi connectivity index (χ2n) is 11.2. The molecule has 0 radical (unpaired) electrons. The highest BCUT2D eigenvalue weighted by molar-refractivity contribution is 6.05. The van der Waals surface area contributed by atoms with Crippen molar-refractivity contribution in [2.45, 2.75) is 65.2 Å². The summed E-state index contributed by atoms with van der Waals surface area (Å²) < 4.78 is 18.0. The third-order valence-corrected chi connectivity index (χ3v) is 5.54. The van der Waals surface area contributed by atoms with Crippen molar-refractivity contribution in [2.75, 3.05) is 31.4 Å². The van der Waals surface area contributed by atoms with Crippen molar-refractivity contribution in [1.82, 2.24) is 24.8 Å². The highest BCUT2D eigenvalue weighted by atomic mass is 16.6. The first kappa shape index (κ1) is 29.6. The van der Waals surface area contributed by atoms with Crippen molar-refractivity contribution in [3.05, 3.63) is 30.2 Å². The lowest BCUT2D eigenvalue weighted by atomic mass is 10.1. The van der Waals surface area contributed by atoms with Crippen molar-refractivity contribution >= 4 is 34.9 Å². The summed E-state index contributed by atoms with van der Waals surface area (Å²) in [7, 11) is 4.98. The number of hydrogen-bond acceptors (Lipinski definition) is 9. The molecule has 3 N–H and O–H groups in total.